The van der Waals surface area contributed by atoms with Crippen molar-refractivity contribution >= 4 is 16.8 Å². The van der Waals surface area contributed by atoms with Crippen LogP contribution in [0.15, 0.2) is 47.1 Å². The molecule has 0 radical (unpaired) electrons. The smallest absolute Gasteiger partial charge is 0.301 e. The minimum Gasteiger partial charge on any atom is -0.428 e. The number of amides is 1. The van der Waals surface area contributed by atoms with Crippen molar-refractivity contribution in [3.05, 3.63) is 88.6 Å². The number of oxazole rings is 1. The molecule has 8 nitrogen and oxygen atoms in total. The highest BCUT2D eigenvalue weighted by Crippen LogP contribution is 2.37. The molecule has 0 unspecified atom stereocenters. The van der Waals surface area contributed by atoms with Crippen LogP contribution in [0.25, 0.3) is 15.7 Å². The van der Waals surface area contributed by atoms with Gasteiger partial charge in [-0.2, -0.15) is 0 Å². The van der Waals surface area contributed by atoms with Crippen molar-refractivity contribution in [1.82, 2.24) is 24.8 Å². The molecule has 4 aromatic rings. The van der Waals surface area contributed by atoms with Crippen LogP contribution < -0.4 is 0 Å². The maximum absolute atomic E-state index is 13.8. The molecular weight excluding hydrogens is 442 g/mol. The summed E-state index contributed by atoms with van der Waals surface area (Å²) in [7, 11) is 0. The van der Waals surface area contributed by atoms with Gasteiger partial charge in [0.2, 0.25) is 5.76 Å². The van der Waals surface area contributed by atoms with E-state index in [4.69, 9.17) is 16.0 Å². The van der Waals surface area contributed by atoms with E-state index in [1.165, 1.54) is 18.7 Å². The van der Waals surface area contributed by atoms with E-state index in [-0.39, 0.29) is 12.4 Å². The van der Waals surface area contributed by atoms with Crippen molar-refractivity contribution in [2.75, 3.05) is 6.54 Å². The van der Waals surface area contributed by atoms with Crippen LogP contribution in [0.2, 0.25) is 0 Å². The predicted octanol–water partition coefficient (Wildman–Crippen LogP) is 4.83. The van der Waals surface area contributed by atoms with Crippen molar-refractivity contribution < 1.29 is 18.0 Å². The number of fused-ring (bicyclic) bond motifs is 2. The molecule has 1 atom stereocenters. The third-order valence-corrected chi connectivity index (χ3v) is 5.94. The molecule has 172 valence electrons. The third kappa shape index (κ3) is 3.50. The molecule has 0 bridgehead atoms. The molecule has 0 aliphatic carbocycles. The highest BCUT2D eigenvalue weighted by Gasteiger charge is 2.42. The first-order valence-electron chi connectivity index (χ1n) is 10.7. The fraction of sp³-hybridized carbons (Fsp3) is 0.292. The van der Waals surface area contributed by atoms with Gasteiger partial charge in [0, 0.05) is 37.9 Å². The number of nitrogens with zero attached hydrogens (tertiary/aromatic N) is 5. The van der Waals surface area contributed by atoms with E-state index in [1.54, 1.807) is 12.4 Å². The van der Waals surface area contributed by atoms with E-state index >= 15 is 0 Å². The molecule has 4 heterocycles. The number of imidazole rings is 1. The van der Waals surface area contributed by atoms with Gasteiger partial charge >= 0.3 is 5.54 Å². The normalized spacial score (nSPS) is 16.0. The van der Waals surface area contributed by atoms with Crippen molar-refractivity contribution in [3.63, 3.8) is 0 Å². The summed E-state index contributed by atoms with van der Waals surface area (Å²) in [5, 5.41) is 0.934. The first-order chi connectivity index (χ1) is 16.3. The number of halogens is 2. The molecular formula is C24H20F2N6O2. The van der Waals surface area contributed by atoms with Crippen LogP contribution in [0.4, 0.5) is 8.78 Å². The summed E-state index contributed by atoms with van der Waals surface area (Å²) in [6, 6.07) is 10.6. The summed E-state index contributed by atoms with van der Waals surface area (Å²) in [5.74, 6) is -1.53. The van der Waals surface area contributed by atoms with Crippen molar-refractivity contribution in [1.29, 1.82) is 0 Å². The van der Waals surface area contributed by atoms with Crippen molar-refractivity contribution in [2.45, 2.75) is 38.3 Å². The molecule has 10 heteroatoms. The molecule has 5 rings (SSSR count). The predicted molar refractivity (Wildman–Crippen MR) is 118 cm³/mol. The van der Waals surface area contributed by atoms with Gasteiger partial charge in [-0.1, -0.05) is 24.3 Å². The first-order valence-corrected chi connectivity index (χ1v) is 10.7. The van der Waals surface area contributed by atoms with Gasteiger partial charge in [-0.15, -0.1) is 0 Å². The monoisotopic (exact) mass is 462 g/mol. The number of aromatic amines is 1. The van der Waals surface area contributed by atoms with Gasteiger partial charge in [0.25, 0.3) is 18.2 Å². The lowest BCUT2D eigenvalue weighted by Crippen LogP contribution is -2.41. The van der Waals surface area contributed by atoms with Crippen LogP contribution >= 0.6 is 0 Å². The van der Waals surface area contributed by atoms with E-state index in [1.807, 2.05) is 30.3 Å². The molecule has 0 fully saturated rings. The summed E-state index contributed by atoms with van der Waals surface area (Å²) in [4.78, 5) is 34.5. The van der Waals surface area contributed by atoms with Crippen LogP contribution in [0.3, 0.4) is 0 Å². The quantitative estimate of drug-likeness (QED) is 0.439. The van der Waals surface area contributed by atoms with Crippen molar-refractivity contribution in [2.24, 2.45) is 0 Å². The van der Waals surface area contributed by atoms with E-state index in [0.717, 1.165) is 16.6 Å². The number of carbonyl (C=O) groups excluding carboxylic acids is 1. The second kappa shape index (κ2) is 8.02. The topological polar surface area (TPSA) is 92.3 Å². The maximum Gasteiger partial charge on any atom is 0.301 e. The Morgan fingerprint density at radius 2 is 2.06 bits per heavy atom. The zero-order valence-electron chi connectivity index (χ0n) is 18.4. The van der Waals surface area contributed by atoms with E-state index in [0.29, 0.717) is 17.8 Å². The number of hydrogen-bond acceptors (Lipinski definition) is 5. The van der Waals surface area contributed by atoms with Gasteiger partial charge in [-0.3, -0.25) is 9.78 Å². The van der Waals surface area contributed by atoms with Gasteiger partial charge in [0.15, 0.2) is 5.69 Å². The summed E-state index contributed by atoms with van der Waals surface area (Å²) >= 11 is 0. The number of benzene rings is 1. The average molecular weight is 462 g/mol. The van der Waals surface area contributed by atoms with Crippen molar-refractivity contribution in [3.8, 4) is 0 Å². The molecule has 0 saturated carbocycles. The highest BCUT2D eigenvalue weighted by molar-refractivity contribution is 5.93. The summed E-state index contributed by atoms with van der Waals surface area (Å²) in [6.07, 6.45) is -1.04. The Kier molecular flexibility index (Phi) is 5.12. The molecule has 3 aromatic heterocycles. The number of rotatable bonds is 4. The van der Waals surface area contributed by atoms with Gasteiger partial charge in [0.05, 0.1) is 23.2 Å². The number of nitrogens with one attached hydrogen (secondary N) is 1. The minimum atomic E-state index is -3.04. The minimum absolute atomic E-state index is 0.223. The fourth-order valence-electron chi connectivity index (χ4n) is 4.10. The molecule has 1 amide bonds. The molecule has 1 N–H and O–H groups in total. The SMILES string of the molecule is [C-]#[N+]C(C)(C)c1nc(C(F)F)c(C(=O)N2CCc3[nH]cnc3[C@@H]2c2ccc3ccccc3n2)o1. The fourth-order valence-corrected chi connectivity index (χ4v) is 4.10. The summed E-state index contributed by atoms with van der Waals surface area (Å²) in [5.41, 5.74) is 0.685. The Bertz CT molecular complexity index is 1430. The number of aromatic nitrogens is 4. The zero-order valence-corrected chi connectivity index (χ0v) is 18.4. The Hall–Kier alpha value is -4.13. The van der Waals surface area contributed by atoms with Crippen LogP contribution in [-0.4, -0.2) is 37.3 Å². The number of pyridine rings is 1. The summed E-state index contributed by atoms with van der Waals surface area (Å²) in [6.45, 7) is 10.6. The molecule has 1 aliphatic heterocycles. The second-order valence-electron chi connectivity index (χ2n) is 8.55. The maximum atomic E-state index is 13.8. The molecule has 1 aliphatic rings. The lowest BCUT2D eigenvalue weighted by atomic mass is 9.98. The lowest BCUT2D eigenvalue weighted by Gasteiger charge is -2.34. The molecule has 34 heavy (non-hydrogen) atoms. The standard InChI is InChI=1S/C24H20F2N6O2/c1-24(2,27-3)23-31-18(21(25)26)20(34-23)22(33)32-11-10-15-17(29-12-28-15)19(32)16-9-8-13-6-4-5-7-14(13)30-16/h4-9,12,19,21H,10-11H2,1-2H3,(H,28,29)/t19-/m0/s1. The van der Waals surface area contributed by atoms with Crippen LogP contribution in [0, 0.1) is 6.57 Å². The van der Waals surface area contributed by atoms with Gasteiger partial charge in [-0.05, 0) is 12.1 Å². The third-order valence-electron chi connectivity index (χ3n) is 5.94. The Labute approximate surface area is 193 Å². The van der Waals surface area contributed by atoms with Crippen LogP contribution in [0.5, 0.6) is 0 Å². The first kappa shape index (κ1) is 21.7. The van der Waals surface area contributed by atoms with Gasteiger partial charge in [0.1, 0.15) is 6.04 Å². The number of alkyl halides is 2. The van der Waals surface area contributed by atoms with Gasteiger partial charge < -0.3 is 19.1 Å². The molecule has 0 saturated heterocycles. The Morgan fingerprint density at radius 3 is 2.82 bits per heavy atom. The van der Waals surface area contributed by atoms with Crippen LogP contribution in [-0.2, 0) is 12.0 Å². The highest BCUT2D eigenvalue weighted by atomic mass is 19.3. The van der Waals surface area contributed by atoms with E-state index in [2.05, 4.69) is 19.8 Å². The van der Waals surface area contributed by atoms with E-state index < -0.39 is 35.4 Å². The lowest BCUT2D eigenvalue weighted by molar-refractivity contribution is 0.0636. The second-order valence-corrected chi connectivity index (χ2v) is 8.55. The Morgan fingerprint density at radius 1 is 1.26 bits per heavy atom. The Balaban J connectivity index is 1.62. The number of para-hydroxylation sites is 1. The number of hydrogen-bond donors (Lipinski definition) is 1. The largest absolute Gasteiger partial charge is 0.428 e. The average Bonchev–Trinajstić information content (AvgIpc) is 3.50. The zero-order chi connectivity index (χ0) is 24.0. The number of H-pyrrole nitrogens is 1. The summed E-state index contributed by atoms with van der Waals surface area (Å²) < 4.78 is 33.2. The molecule has 0 spiro atoms. The number of carbonyl (C=O) groups is 1. The van der Waals surface area contributed by atoms with E-state index in [9.17, 15) is 13.6 Å². The van der Waals surface area contributed by atoms with Gasteiger partial charge in [-0.25, -0.2) is 25.3 Å². The molecule has 1 aromatic carbocycles. The van der Waals surface area contributed by atoms with Crippen LogP contribution in [0.1, 0.15) is 65.5 Å².